The van der Waals surface area contributed by atoms with Gasteiger partial charge in [0, 0.05) is 23.2 Å². The van der Waals surface area contributed by atoms with Gasteiger partial charge >= 0.3 is 0 Å². The summed E-state index contributed by atoms with van der Waals surface area (Å²) in [6.45, 7) is 3.87. The average Bonchev–Trinajstić information content (AvgIpc) is 2.81. The van der Waals surface area contributed by atoms with Crippen molar-refractivity contribution in [2.75, 3.05) is 4.90 Å². The summed E-state index contributed by atoms with van der Waals surface area (Å²) >= 11 is 6.24. The van der Waals surface area contributed by atoms with Crippen LogP contribution in [0.3, 0.4) is 0 Å². The first-order chi connectivity index (χ1) is 11.5. The largest absolute Gasteiger partial charge is 0.341 e. The molecule has 0 bridgehead atoms. The first-order valence-electron chi connectivity index (χ1n) is 7.96. The van der Waals surface area contributed by atoms with Crippen LogP contribution < -0.4 is 10.2 Å². The molecule has 0 radical (unpaired) electrons. The molecule has 2 amide bonds. The molecular formula is C19H19ClN2O2. The smallest absolute Gasteiger partial charge is 0.254 e. The van der Waals surface area contributed by atoms with E-state index in [1.54, 1.807) is 4.90 Å². The second kappa shape index (κ2) is 6.65. The number of nitrogens with zero attached hydrogens (tertiary/aromatic N) is 1. The SMILES string of the molecule is CCc1ccc2c(c1)[C@@H](NC(C)=O)C(=O)N2Cc1ccccc1Cl. The van der Waals surface area contributed by atoms with Crippen molar-refractivity contribution in [1.29, 1.82) is 0 Å². The van der Waals surface area contributed by atoms with E-state index in [0.717, 1.165) is 28.8 Å². The summed E-state index contributed by atoms with van der Waals surface area (Å²) in [5, 5.41) is 3.39. The number of rotatable bonds is 4. The summed E-state index contributed by atoms with van der Waals surface area (Å²) in [6, 6.07) is 12.8. The van der Waals surface area contributed by atoms with Crippen LogP contribution >= 0.6 is 11.6 Å². The molecule has 3 rings (SSSR count). The Morgan fingerprint density at radius 1 is 1.25 bits per heavy atom. The molecule has 24 heavy (non-hydrogen) atoms. The number of halogens is 1. The Hall–Kier alpha value is -2.33. The molecule has 0 saturated carbocycles. The van der Waals surface area contributed by atoms with E-state index in [1.807, 2.05) is 42.5 Å². The molecule has 0 spiro atoms. The summed E-state index contributed by atoms with van der Waals surface area (Å²) in [4.78, 5) is 26.1. The Bertz CT molecular complexity index is 804. The van der Waals surface area contributed by atoms with Gasteiger partial charge in [-0.2, -0.15) is 0 Å². The van der Waals surface area contributed by atoms with Gasteiger partial charge in [-0.25, -0.2) is 0 Å². The van der Waals surface area contributed by atoms with Crippen molar-refractivity contribution in [2.24, 2.45) is 0 Å². The van der Waals surface area contributed by atoms with E-state index in [1.165, 1.54) is 6.92 Å². The first-order valence-corrected chi connectivity index (χ1v) is 8.33. The lowest BCUT2D eigenvalue weighted by atomic mass is 10.0. The number of carbonyl (C=O) groups excluding carboxylic acids is 2. The minimum absolute atomic E-state index is 0.131. The molecule has 1 heterocycles. The Morgan fingerprint density at radius 2 is 2.00 bits per heavy atom. The lowest BCUT2D eigenvalue weighted by Crippen LogP contribution is -2.36. The minimum Gasteiger partial charge on any atom is -0.341 e. The predicted octanol–water partition coefficient (Wildman–Crippen LogP) is 3.63. The summed E-state index contributed by atoms with van der Waals surface area (Å²) < 4.78 is 0. The molecule has 1 N–H and O–H groups in total. The van der Waals surface area contributed by atoms with Crippen molar-refractivity contribution in [3.8, 4) is 0 Å². The van der Waals surface area contributed by atoms with Crippen LogP contribution in [0.25, 0.3) is 0 Å². The fraction of sp³-hybridized carbons (Fsp3) is 0.263. The van der Waals surface area contributed by atoms with Gasteiger partial charge in [0.2, 0.25) is 5.91 Å². The van der Waals surface area contributed by atoms with Crippen LogP contribution in [0.5, 0.6) is 0 Å². The Balaban J connectivity index is 2.01. The number of hydrogen-bond donors (Lipinski definition) is 1. The minimum atomic E-state index is -0.633. The van der Waals surface area contributed by atoms with Crippen molar-refractivity contribution in [3.63, 3.8) is 0 Å². The standard InChI is InChI=1S/C19H19ClN2O2/c1-3-13-8-9-17-15(10-13)18(21-12(2)23)19(24)22(17)11-14-6-4-5-7-16(14)20/h4-10,18H,3,11H2,1-2H3,(H,21,23)/t18-/m1/s1. The van der Waals surface area contributed by atoms with Crippen LogP contribution in [-0.4, -0.2) is 11.8 Å². The van der Waals surface area contributed by atoms with Gasteiger partial charge in [-0.1, -0.05) is 48.9 Å². The zero-order valence-electron chi connectivity index (χ0n) is 13.7. The fourth-order valence-corrected chi connectivity index (χ4v) is 3.21. The van der Waals surface area contributed by atoms with E-state index in [4.69, 9.17) is 11.6 Å². The maximum absolute atomic E-state index is 12.9. The Kier molecular flexibility index (Phi) is 4.58. The third-order valence-electron chi connectivity index (χ3n) is 4.25. The van der Waals surface area contributed by atoms with E-state index < -0.39 is 6.04 Å². The maximum Gasteiger partial charge on any atom is 0.254 e. The normalized spacial score (nSPS) is 16.2. The van der Waals surface area contributed by atoms with Gasteiger partial charge in [0.25, 0.3) is 5.91 Å². The van der Waals surface area contributed by atoms with Gasteiger partial charge in [-0.3, -0.25) is 9.59 Å². The van der Waals surface area contributed by atoms with E-state index in [2.05, 4.69) is 12.2 Å². The molecule has 5 heteroatoms. The molecule has 2 aromatic carbocycles. The molecule has 0 aliphatic carbocycles. The molecule has 4 nitrogen and oxygen atoms in total. The molecule has 0 saturated heterocycles. The van der Waals surface area contributed by atoms with E-state index in [-0.39, 0.29) is 11.8 Å². The number of fused-ring (bicyclic) bond motifs is 1. The fourth-order valence-electron chi connectivity index (χ4n) is 3.01. The van der Waals surface area contributed by atoms with Crippen LogP contribution in [0.4, 0.5) is 5.69 Å². The molecule has 1 aliphatic rings. The average molecular weight is 343 g/mol. The summed E-state index contributed by atoms with van der Waals surface area (Å²) in [6.07, 6.45) is 0.874. The number of hydrogen-bond acceptors (Lipinski definition) is 2. The number of carbonyl (C=O) groups is 2. The van der Waals surface area contributed by atoms with E-state index in [0.29, 0.717) is 11.6 Å². The second-order valence-corrected chi connectivity index (χ2v) is 6.30. The van der Waals surface area contributed by atoms with Crippen LogP contribution in [0.15, 0.2) is 42.5 Å². The van der Waals surface area contributed by atoms with Crippen molar-refractivity contribution < 1.29 is 9.59 Å². The van der Waals surface area contributed by atoms with Crippen molar-refractivity contribution in [1.82, 2.24) is 5.32 Å². The number of aryl methyl sites for hydroxylation is 1. The van der Waals surface area contributed by atoms with Crippen LogP contribution in [-0.2, 0) is 22.6 Å². The molecule has 1 atom stereocenters. The molecule has 0 aromatic heterocycles. The van der Waals surface area contributed by atoms with Gasteiger partial charge in [0.15, 0.2) is 0 Å². The second-order valence-electron chi connectivity index (χ2n) is 5.90. The van der Waals surface area contributed by atoms with Gasteiger partial charge in [0.1, 0.15) is 6.04 Å². The van der Waals surface area contributed by atoms with E-state index in [9.17, 15) is 9.59 Å². The van der Waals surface area contributed by atoms with Crippen molar-refractivity contribution in [3.05, 3.63) is 64.2 Å². The third-order valence-corrected chi connectivity index (χ3v) is 4.62. The Morgan fingerprint density at radius 3 is 2.67 bits per heavy atom. The highest BCUT2D eigenvalue weighted by molar-refractivity contribution is 6.31. The zero-order chi connectivity index (χ0) is 17.3. The number of amides is 2. The maximum atomic E-state index is 12.9. The first kappa shape index (κ1) is 16.5. The topological polar surface area (TPSA) is 49.4 Å². The summed E-state index contributed by atoms with van der Waals surface area (Å²) in [5.74, 6) is -0.353. The Labute approximate surface area is 146 Å². The summed E-state index contributed by atoms with van der Waals surface area (Å²) in [7, 11) is 0. The predicted molar refractivity (Wildman–Crippen MR) is 95.0 cm³/mol. The highest BCUT2D eigenvalue weighted by Gasteiger charge is 2.38. The highest BCUT2D eigenvalue weighted by Crippen LogP contribution is 2.38. The van der Waals surface area contributed by atoms with E-state index >= 15 is 0 Å². The van der Waals surface area contributed by atoms with Gasteiger partial charge in [0.05, 0.1) is 6.54 Å². The zero-order valence-corrected chi connectivity index (χ0v) is 14.4. The molecular weight excluding hydrogens is 324 g/mol. The van der Waals surface area contributed by atoms with Crippen molar-refractivity contribution >= 4 is 29.1 Å². The van der Waals surface area contributed by atoms with Crippen molar-refractivity contribution in [2.45, 2.75) is 32.9 Å². The molecule has 1 aliphatic heterocycles. The number of nitrogens with one attached hydrogen (secondary N) is 1. The molecule has 0 unspecified atom stereocenters. The van der Waals surface area contributed by atoms with Gasteiger partial charge in [-0.05, 0) is 29.7 Å². The molecule has 124 valence electrons. The number of anilines is 1. The van der Waals surface area contributed by atoms with Crippen LogP contribution in [0, 0.1) is 0 Å². The summed E-state index contributed by atoms with van der Waals surface area (Å²) in [5.41, 5.74) is 3.69. The lowest BCUT2D eigenvalue weighted by Gasteiger charge is -2.19. The van der Waals surface area contributed by atoms with Gasteiger partial charge < -0.3 is 10.2 Å². The quantitative estimate of drug-likeness (QED) is 0.922. The number of benzene rings is 2. The molecule has 2 aromatic rings. The highest BCUT2D eigenvalue weighted by atomic mass is 35.5. The van der Waals surface area contributed by atoms with Gasteiger partial charge in [-0.15, -0.1) is 0 Å². The molecule has 0 fully saturated rings. The lowest BCUT2D eigenvalue weighted by molar-refractivity contribution is -0.126. The van der Waals surface area contributed by atoms with Crippen LogP contribution in [0.1, 0.15) is 36.6 Å². The monoisotopic (exact) mass is 342 g/mol. The van der Waals surface area contributed by atoms with Crippen LogP contribution in [0.2, 0.25) is 5.02 Å². The third kappa shape index (κ3) is 3.02.